The maximum atomic E-state index is 13.5. The topological polar surface area (TPSA) is 66.2 Å². The predicted molar refractivity (Wildman–Crippen MR) is 132 cm³/mol. The fraction of sp³-hybridized carbons (Fsp3) is 0.556. The largest absolute Gasteiger partial charge is 0.464 e. The van der Waals surface area contributed by atoms with Gasteiger partial charge in [-0.05, 0) is 30.0 Å². The molecule has 1 aliphatic rings. The molecule has 0 saturated carbocycles. The van der Waals surface area contributed by atoms with Gasteiger partial charge in [0.1, 0.15) is 11.5 Å². The summed E-state index contributed by atoms with van der Waals surface area (Å²) >= 11 is 0. The van der Waals surface area contributed by atoms with E-state index in [-0.39, 0.29) is 23.8 Å². The Labute approximate surface area is 203 Å². The second-order valence-electron chi connectivity index (χ2n) is 10.3. The van der Waals surface area contributed by atoms with E-state index in [1.54, 1.807) is 9.80 Å². The normalized spacial score (nSPS) is 14.7. The molecule has 0 unspecified atom stereocenters. The van der Waals surface area contributed by atoms with Crippen molar-refractivity contribution in [2.24, 2.45) is 5.41 Å². The van der Waals surface area contributed by atoms with Gasteiger partial charge in [0.15, 0.2) is 0 Å². The number of nitrogens with zero attached hydrogens (tertiary/aromatic N) is 3. The van der Waals surface area contributed by atoms with E-state index < -0.39 is 0 Å². The number of carbonyl (C=O) groups excluding carboxylic acids is 2. The molecule has 1 fully saturated rings. The number of carbonyl (C=O) groups is 2. The number of rotatable bonds is 10. The highest BCUT2D eigenvalue weighted by atomic mass is 16.5. The Bertz CT molecular complexity index is 913. The molecule has 34 heavy (non-hydrogen) atoms. The van der Waals surface area contributed by atoms with E-state index in [0.717, 1.165) is 36.7 Å². The van der Waals surface area contributed by atoms with Crippen molar-refractivity contribution in [3.8, 4) is 0 Å². The number of hydrogen-bond acceptors (Lipinski definition) is 5. The van der Waals surface area contributed by atoms with Crippen molar-refractivity contribution in [3.05, 3.63) is 59.5 Å². The lowest BCUT2D eigenvalue weighted by atomic mass is 9.91. The third kappa shape index (κ3) is 8.61. The molecule has 0 radical (unpaired) electrons. The Kier molecular flexibility index (Phi) is 9.30. The summed E-state index contributed by atoms with van der Waals surface area (Å²) in [4.78, 5) is 32.5. The SMILES string of the molecule is Cc1ccc(CN(Cc2ccccc2)C(=O)CN(CCN2CCOCC2)C(=O)CC(C)(C)C)o1. The fourth-order valence-corrected chi connectivity index (χ4v) is 4.00. The Hall–Kier alpha value is -2.64. The lowest BCUT2D eigenvalue weighted by molar-refractivity contribution is -0.142. The Morgan fingerprint density at radius 1 is 0.941 bits per heavy atom. The number of hydrogen-bond donors (Lipinski definition) is 0. The Morgan fingerprint density at radius 3 is 2.26 bits per heavy atom. The van der Waals surface area contributed by atoms with Crippen LogP contribution in [-0.2, 0) is 27.4 Å². The lowest BCUT2D eigenvalue weighted by Gasteiger charge is -2.32. The monoisotopic (exact) mass is 469 g/mol. The third-order valence-electron chi connectivity index (χ3n) is 5.86. The highest BCUT2D eigenvalue weighted by Gasteiger charge is 2.26. The summed E-state index contributed by atoms with van der Waals surface area (Å²) < 4.78 is 11.2. The molecule has 0 bridgehead atoms. The molecular formula is C27H39N3O4. The highest BCUT2D eigenvalue weighted by Crippen LogP contribution is 2.20. The van der Waals surface area contributed by atoms with Gasteiger partial charge in [0.25, 0.3) is 0 Å². The van der Waals surface area contributed by atoms with Crippen LogP contribution >= 0.6 is 0 Å². The molecule has 0 atom stereocenters. The van der Waals surface area contributed by atoms with Crippen molar-refractivity contribution >= 4 is 11.8 Å². The highest BCUT2D eigenvalue weighted by molar-refractivity contribution is 5.85. The van der Waals surface area contributed by atoms with Gasteiger partial charge < -0.3 is 19.0 Å². The van der Waals surface area contributed by atoms with Crippen LogP contribution in [0.2, 0.25) is 0 Å². The van der Waals surface area contributed by atoms with E-state index in [0.29, 0.717) is 39.3 Å². The van der Waals surface area contributed by atoms with Crippen LogP contribution in [-0.4, -0.2) is 72.5 Å². The number of benzene rings is 1. The molecule has 1 aromatic heterocycles. The van der Waals surface area contributed by atoms with Crippen molar-refractivity contribution < 1.29 is 18.7 Å². The maximum absolute atomic E-state index is 13.5. The molecule has 1 saturated heterocycles. The summed E-state index contributed by atoms with van der Waals surface area (Å²) in [5.41, 5.74) is 0.896. The van der Waals surface area contributed by atoms with Crippen molar-refractivity contribution in [1.82, 2.24) is 14.7 Å². The molecule has 186 valence electrons. The van der Waals surface area contributed by atoms with Crippen LogP contribution in [0.25, 0.3) is 0 Å². The van der Waals surface area contributed by atoms with Gasteiger partial charge in [-0.3, -0.25) is 14.5 Å². The summed E-state index contributed by atoms with van der Waals surface area (Å²) in [6.07, 6.45) is 0.402. The predicted octanol–water partition coefficient (Wildman–Crippen LogP) is 3.71. The van der Waals surface area contributed by atoms with Crippen LogP contribution in [0.5, 0.6) is 0 Å². The second kappa shape index (κ2) is 12.2. The molecule has 1 aliphatic heterocycles. The van der Waals surface area contributed by atoms with Gasteiger partial charge in [0.05, 0.1) is 26.3 Å². The Morgan fingerprint density at radius 2 is 1.65 bits per heavy atom. The van der Waals surface area contributed by atoms with Crippen LogP contribution in [0.15, 0.2) is 46.9 Å². The van der Waals surface area contributed by atoms with Crippen LogP contribution in [0, 0.1) is 12.3 Å². The number of ether oxygens (including phenoxy) is 1. The van der Waals surface area contributed by atoms with Gasteiger partial charge in [-0.2, -0.15) is 0 Å². The summed E-state index contributed by atoms with van der Waals surface area (Å²) in [5, 5.41) is 0. The minimum atomic E-state index is -0.146. The Balaban J connectivity index is 1.73. The number of morpholine rings is 1. The van der Waals surface area contributed by atoms with E-state index >= 15 is 0 Å². The zero-order valence-corrected chi connectivity index (χ0v) is 21.1. The molecule has 1 aromatic carbocycles. The van der Waals surface area contributed by atoms with E-state index in [2.05, 4.69) is 4.90 Å². The standard InChI is InChI=1S/C27H39N3O4/c1-22-10-11-24(34-22)20-30(19-23-8-6-5-7-9-23)26(32)21-29(25(31)18-27(2,3)4)13-12-28-14-16-33-17-15-28/h5-11H,12-21H2,1-4H3. The first-order chi connectivity index (χ1) is 16.2. The lowest BCUT2D eigenvalue weighted by Crippen LogP contribution is -2.47. The molecule has 7 heteroatoms. The van der Waals surface area contributed by atoms with Gasteiger partial charge in [-0.25, -0.2) is 0 Å². The smallest absolute Gasteiger partial charge is 0.242 e. The van der Waals surface area contributed by atoms with Crippen LogP contribution in [0.4, 0.5) is 0 Å². The van der Waals surface area contributed by atoms with E-state index in [1.807, 2.05) is 70.2 Å². The van der Waals surface area contributed by atoms with Crippen LogP contribution in [0.1, 0.15) is 44.3 Å². The van der Waals surface area contributed by atoms with Crippen LogP contribution in [0.3, 0.4) is 0 Å². The van der Waals surface area contributed by atoms with Crippen molar-refractivity contribution in [2.75, 3.05) is 45.9 Å². The first-order valence-electron chi connectivity index (χ1n) is 12.1. The average Bonchev–Trinajstić information content (AvgIpc) is 3.20. The molecule has 7 nitrogen and oxygen atoms in total. The van der Waals surface area contributed by atoms with Crippen LogP contribution < -0.4 is 0 Å². The van der Waals surface area contributed by atoms with Gasteiger partial charge in [0, 0.05) is 39.1 Å². The summed E-state index contributed by atoms with van der Waals surface area (Å²) in [6, 6.07) is 13.7. The van der Waals surface area contributed by atoms with E-state index in [9.17, 15) is 9.59 Å². The minimum absolute atomic E-state index is 0.0163. The molecule has 2 heterocycles. The fourth-order valence-electron chi connectivity index (χ4n) is 4.00. The number of amides is 2. The quantitative estimate of drug-likeness (QED) is 0.531. The van der Waals surface area contributed by atoms with Crippen molar-refractivity contribution in [3.63, 3.8) is 0 Å². The summed E-state index contributed by atoms with van der Waals surface area (Å²) in [5.74, 6) is 1.49. The van der Waals surface area contributed by atoms with Crippen molar-refractivity contribution in [1.29, 1.82) is 0 Å². The molecule has 0 N–H and O–H groups in total. The van der Waals surface area contributed by atoms with Gasteiger partial charge in [-0.15, -0.1) is 0 Å². The molecule has 3 rings (SSSR count). The molecule has 0 aliphatic carbocycles. The summed E-state index contributed by atoms with van der Waals surface area (Å²) in [6.45, 7) is 13.3. The molecule has 2 amide bonds. The first-order valence-corrected chi connectivity index (χ1v) is 12.1. The van der Waals surface area contributed by atoms with Gasteiger partial charge in [0.2, 0.25) is 11.8 Å². The zero-order chi connectivity index (χ0) is 24.6. The average molecular weight is 470 g/mol. The number of aryl methyl sites for hydroxylation is 1. The molecule has 2 aromatic rings. The maximum Gasteiger partial charge on any atom is 0.242 e. The minimum Gasteiger partial charge on any atom is -0.464 e. The third-order valence-corrected chi connectivity index (χ3v) is 5.86. The van der Waals surface area contributed by atoms with Crippen molar-refractivity contribution in [2.45, 2.75) is 47.2 Å². The van der Waals surface area contributed by atoms with Gasteiger partial charge >= 0.3 is 0 Å². The molecular weight excluding hydrogens is 430 g/mol. The number of furan rings is 1. The van der Waals surface area contributed by atoms with Gasteiger partial charge in [-0.1, -0.05) is 51.1 Å². The van der Waals surface area contributed by atoms with E-state index in [4.69, 9.17) is 9.15 Å². The second-order valence-corrected chi connectivity index (χ2v) is 10.3. The zero-order valence-electron chi connectivity index (χ0n) is 21.1. The summed E-state index contributed by atoms with van der Waals surface area (Å²) in [7, 11) is 0. The van der Waals surface area contributed by atoms with E-state index in [1.165, 1.54) is 0 Å². The first kappa shape index (κ1) is 26.0. The molecule has 0 spiro atoms.